The van der Waals surface area contributed by atoms with E-state index in [-0.39, 0.29) is 6.10 Å². The predicted molar refractivity (Wildman–Crippen MR) is 44.2 cm³/mol. The van der Waals surface area contributed by atoms with Crippen molar-refractivity contribution in [3.8, 4) is 0 Å². The number of carbonyl (C=O) groups excluding carboxylic acids is 1. The quantitative estimate of drug-likeness (QED) is 0.680. The van der Waals surface area contributed by atoms with Gasteiger partial charge < -0.3 is 4.74 Å². The molecule has 0 bridgehead atoms. The number of rotatable bonds is 3. The Morgan fingerprint density at radius 3 is 2.64 bits per heavy atom. The minimum atomic E-state index is -0.424. The van der Waals surface area contributed by atoms with Crippen LogP contribution in [0.3, 0.4) is 0 Å². The molecule has 0 spiro atoms. The van der Waals surface area contributed by atoms with Crippen LogP contribution in [0.25, 0.3) is 0 Å². The van der Waals surface area contributed by atoms with Crippen molar-refractivity contribution in [2.45, 2.75) is 33.3 Å². The molecule has 1 atom stereocenters. The summed E-state index contributed by atoms with van der Waals surface area (Å²) in [6.07, 6.45) is 0.366. The minimum Gasteiger partial charge on any atom is -0.446 e. The van der Waals surface area contributed by atoms with Crippen LogP contribution < -0.4 is 5.32 Å². The van der Waals surface area contributed by atoms with Gasteiger partial charge in [0.25, 0.3) is 0 Å². The van der Waals surface area contributed by atoms with E-state index < -0.39 is 6.09 Å². The molecule has 0 radical (unpaired) electrons. The van der Waals surface area contributed by atoms with E-state index in [1.54, 1.807) is 6.92 Å². The largest absolute Gasteiger partial charge is 0.446 e. The average Bonchev–Trinajstić information content (AvgIpc) is 1.85. The molecule has 64 valence electrons. The van der Waals surface area contributed by atoms with Gasteiger partial charge in [0.15, 0.2) is 0 Å². The van der Waals surface area contributed by atoms with Crippen LogP contribution in [0.1, 0.15) is 27.2 Å². The molecule has 0 fully saturated rings. The molecular formula is C8H15NO2. The van der Waals surface area contributed by atoms with Gasteiger partial charge in [0, 0.05) is 5.70 Å². The van der Waals surface area contributed by atoms with Gasteiger partial charge in [0.2, 0.25) is 0 Å². The second kappa shape index (κ2) is 4.77. The van der Waals surface area contributed by atoms with Gasteiger partial charge in [-0.25, -0.2) is 4.79 Å². The van der Waals surface area contributed by atoms with Gasteiger partial charge in [-0.1, -0.05) is 13.5 Å². The van der Waals surface area contributed by atoms with Crippen LogP contribution in [0, 0.1) is 0 Å². The topological polar surface area (TPSA) is 38.3 Å². The fourth-order valence-corrected chi connectivity index (χ4v) is 0.470. The molecule has 0 aromatic rings. The van der Waals surface area contributed by atoms with Crippen molar-refractivity contribution >= 4 is 6.09 Å². The van der Waals surface area contributed by atoms with E-state index in [2.05, 4.69) is 11.9 Å². The molecule has 0 aliphatic heterocycles. The maximum Gasteiger partial charge on any atom is 0.411 e. The molecule has 1 unspecified atom stereocenters. The molecule has 0 heterocycles. The average molecular weight is 157 g/mol. The first-order chi connectivity index (χ1) is 5.06. The highest BCUT2D eigenvalue weighted by atomic mass is 16.6. The monoisotopic (exact) mass is 157 g/mol. The number of carbonyl (C=O) groups is 1. The maximum atomic E-state index is 10.8. The zero-order chi connectivity index (χ0) is 8.85. The van der Waals surface area contributed by atoms with Crippen molar-refractivity contribution in [2.75, 3.05) is 0 Å². The van der Waals surface area contributed by atoms with E-state index >= 15 is 0 Å². The lowest BCUT2D eigenvalue weighted by Crippen LogP contribution is -2.25. The smallest absolute Gasteiger partial charge is 0.411 e. The van der Waals surface area contributed by atoms with Crippen LogP contribution in [0.2, 0.25) is 0 Å². The Kier molecular flexibility index (Phi) is 4.34. The third-order valence-electron chi connectivity index (χ3n) is 1.20. The van der Waals surface area contributed by atoms with E-state index in [1.807, 2.05) is 13.8 Å². The fourth-order valence-electron chi connectivity index (χ4n) is 0.470. The van der Waals surface area contributed by atoms with Gasteiger partial charge in [-0.15, -0.1) is 0 Å². The van der Waals surface area contributed by atoms with E-state index in [0.717, 1.165) is 6.42 Å². The normalized spacial score (nSPS) is 11.9. The highest BCUT2D eigenvalue weighted by Crippen LogP contribution is 1.96. The van der Waals surface area contributed by atoms with E-state index in [9.17, 15) is 4.79 Å². The first-order valence-corrected chi connectivity index (χ1v) is 3.69. The van der Waals surface area contributed by atoms with Crippen molar-refractivity contribution in [3.63, 3.8) is 0 Å². The van der Waals surface area contributed by atoms with Crippen LogP contribution in [-0.2, 0) is 4.74 Å². The van der Waals surface area contributed by atoms with Crippen LogP contribution >= 0.6 is 0 Å². The van der Waals surface area contributed by atoms with Crippen LogP contribution in [0.15, 0.2) is 12.3 Å². The third-order valence-corrected chi connectivity index (χ3v) is 1.20. The second-order valence-corrected chi connectivity index (χ2v) is 2.53. The number of ether oxygens (including phenoxy) is 1. The number of hydrogen-bond donors (Lipinski definition) is 1. The van der Waals surface area contributed by atoms with E-state index in [0.29, 0.717) is 5.70 Å². The summed E-state index contributed by atoms with van der Waals surface area (Å²) in [5, 5.41) is 2.45. The highest BCUT2D eigenvalue weighted by molar-refractivity contribution is 5.69. The number of nitrogens with one attached hydrogen (secondary N) is 1. The summed E-state index contributed by atoms with van der Waals surface area (Å²) in [5.41, 5.74) is 0.596. The Bertz CT molecular complexity index is 154. The summed E-state index contributed by atoms with van der Waals surface area (Å²) in [6.45, 7) is 9.02. The van der Waals surface area contributed by atoms with Gasteiger partial charge in [0.1, 0.15) is 6.10 Å². The van der Waals surface area contributed by atoms with Gasteiger partial charge in [-0.2, -0.15) is 0 Å². The Hall–Kier alpha value is -0.990. The molecule has 0 aliphatic rings. The SMILES string of the molecule is C=C(C)NC(=O)OC(C)CC. The van der Waals surface area contributed by atoms with Gasteiger partial charge in [-0.05, 0) is 20.3 Å². The van der Waals surface area contributed by atoms with Gasteiger partial charge in [0.05, 0.1) is 0 Å². The zero-order valence-corrected chi connectivity index (χ0v) is 7.31. The molecule has 0 rings (SSSR count). The number of hydrogen-bond acceptors (Lipinski definition) is 2. The van der Waals surface area contributed by atoms with E-state index in [1.165, 1.54) is 0 Å². The summed E-state index contributed by atoms with van der Waals surface area (Å²) in [7, 11) is 0. The molecule has 3 heteroatoms. The Labute approximate surface area is 67.4 Å². The van der Waals surface area contributed by atoms with Gasteiger partial charge >= 0.3 is 6.09 Å². The lowest BCUT2D eigenvalue weighted by atomic mass is 10.3. The third kappa shape index (κ3) is 5.45. The summed E-state index contributed by atoms with van der Waals surface area (Å²) < 4.78 is 4.90. The summed E-state index contributed by atoms with van der Waals surface area (Å²) in [5.74, 6) is 0. The number of alkyl carbamates (subject to hydrolysis) is 1. The lowest BCUT2D eigenvalue weighted by molar-refractivity contribution is 0.107. The first kappa shape index (κ1) is 10.0. The lowest BCUT2D eigenvalue weighted by Gasteiger charge is -2.10. The summed E-state index contributed by atoms with van der Waals surface area (Å²) >= 11 is 0. The molecular weight excluding hydrogens is 142 g/mol. The second-order valence-electron chi connectivity index (χ2n) is 2.53. The molecule has 0 aromatic heterocycles. The molecule has 0 saturated carbocycles. The summed E-state index contributed by atoms with van der Waals surface area (Å²) in [4.78, 5) is 10.8. The molecule has 0 saturated heterocycles. The fraction of sp³-hybridized carbons (Fsp3) is 0.625. The standard InChI is InChI=1S/C8H15NO2/c1-5-7(4)11-8(10)9-6(2)3/h7H,2,5H2,1,3-4H3,(H,9,10). The van der Waals surface area contributed by atoms with Crippen molar-refractivity contribution in [1.29, 1.82) is 0 Å². The predicted octanol–water partition coefficient (Wildman–Crippen LogP) is 2.04. The highest BCUT2D eigenvalue weighted by Gasteiger charge is 2.05. The van der Waals surface area contributed by atoms with Gasteiger partial charge in [-0.3, -0.25) is 5.32 Å². The molecule has 0 aromatic carbocycles. The summed E-state index contributed by atoms with van der Waals surface area (Å²) in [6, 6.07) is 0. The minimum absolute atomic E-state index is 0.0330. The van der Waals surface area contributed by atoms with Crippen molar-refractivity contribution in [2.24, 2.45) is 0 Å². The Morgan fingerprint density at radius 2 is 2.27 bits per heavy atom. The van der Waals surface area contributed by atoms with Crippen LogP contribution in [0.5, 0.6) is 0 Å². The molecule has 1 N–H and O–H groups in total. The number of allylic oxidation sites excluding steroid dienone is 1. The first-order valence-electron chi connectivity index (χ1n) is 3.69. The van der Waals surface area contributed by atoms with Crippen LogP contribution in [-0.4, -0.2) is 12.2 Å². The maximum absolute atomic E-state index is 10.8. The zero-order valence-electron chi connectivity index (χ0n) is 7.31. The van der Waals surface area contributed by atoms with Crippen molar-refractivity contribution in [1.82, 2.24) is 5.32 Å². The van der Waals surface area contributed by atoms with E-state index in [4.69, 9.17) is 4.74 Å². The van der Waals surface area contributed by atoms with Crippen molar-refractivity contribution in [3.05, 3.63) is 12.3 Å². The van der Waals surface area contributed by atoms with Crippen molar-refractivity contribution < 1.29 is 9.53 Å². The molecule has 1 amide bonds. The molecule has 0 aliphatic carbocycles. The molecule has 3 nitrogen and oxygen atoms in total. The Balaban J connectivity index is 3.60. The number of amides is 1. The van der Waals surface area contributed by atoms with Crippen LogP contribution in [0.4, 0.5) is 4.79 Å². The molecule has 11 heavy (non-hydrogen) atoms. The Morgan fingerprint density at radius 1 is 1.73 bits per heavy atom.